The van der Waals surface area contributed by atoms with Gasteiger partial charge >= 0.3 is 0 Å². The number of nitrogens with zero attached hydrogens (tertiary/aromatic N) is 1. The predicted octanol–water partition coefficient (Wildman–Crippen LogP) is -2.20. The van der Waals surface area contributed by atoms with Crippen molar-refractivity contribution in [1.29, 1.82) is 0 Å². The lowest BCUT2D eigenvalue weighted by atomic mass is 9.87. The number of primary amides is 1. The van der Waals surface area contributed by atoms with Gasteiger partial charge in [0.15, 0.2) is 0 Å². The van der Waals surface area contributed by atoms with Gasteiger partial charge in [-0.1, -0.05) is 0 Å². The maximum atomic E-state index is 11.5. The molecule has 2 amide bonds. The maximum absolute atomic E-state index is 11.5. The molecule has 0 unspecified atom stereocenters. The predicted molar refractivity (Wildman–Crippen MR) is 51.7 cm³/mol. The first-order chi connectivity index (χ1) is 7.12. The molecule has 2 atom stereocenters. The second kappa shape index (κ2) is 3.46. The van der Waals surface area contributed by atoms with E-state index in [2.05, 4.69) is 5.32 Å². The van der Waals surface area contributed by atoms with Gasteiger partial charge in [0, 0.05) is 13.1 Å². The van der Waals surface area contributed by atoms with E-state index in [1.54, 1.807) is 4.90 Å². The Morgan fingerprint density at radius 3 is 2.87 bits per heavy atom. The molecule has 2 saturated heterocycles. The van der Waals surface area contributed by atoms with Crippen LogP contribution in [0.5, 0.6) is 0 Å². The Morgan fingerprint density at radius 1 is 1.73 bits per heavy atom. The van der Waals surface area contributed by atoms with Crippen LogP contribution in [-0.2, 0) is 9.59 Å². The quantitative estimate of drug-likeness (QED) is 0.463. The minimum atomic E-state index is -0.737. The highest BCUT2D eigenvalue weighted by Gasteiger charge is 2.56. The van der Waals surface area contributed by atoms with Crippen LogP contribution in [0.15, 0.2) is 0 Å². The minimum Gasteiger partial charge on any atom is -0.394 e. The number of carbonyl (C=O) groups is 2. The van der Waals surface area contributed by atoms with Crippen molar-refractivity contribution >= 4 is 11.8 Å². The smallest absolute Gasteiger partial charge is 0.242 e. The summed E-state index contributed by atoms with van der Waals surface area (Å²) in [5, 5.41) is 11.8. The van der Waals surface area contributed by atoms with Crippen molar-refractivity contribution in [3.8, 4) is 0 Å². The number of nitrogens with two attached hydrogens (primary N) is 1. The van der Waals surface area contributed by atoms with Gasteiger partial charge in [-0.2, -0.15) is 0 Å². The Kier molecular flexibility index (Phi) is 2.40. The van der Waals surface area contributed by atoms with Crippen LogP contribution in [0.1, 0.15) is 12.8 Å². The standard InChI is InChI=1S/C9H15N3O3/c10-7(14)6(4-13)12-3-1-2-9(12)5-11-8(9)15/h6,13H,1-5H2,(H2,10,14)(H,11,15)/t6-,9+/m1/s1. The number of aliphatic hydroxyl groups is 1. The molecular formula is C9H15N3O3. The van der Waals surface area contributed by atoms with Gasteiger partial charge < -0.3 is 16.2 Å². The van der Waals surface area contributed by atoms with Crippen molar-refractivity contribution < 1.29 is 14.7 Å². The van der Waals surface area contributed by atoms with Crippen molar-refractivity contribution in [1.82, 2.24) is 10.2 Å². The van der Waals surface area contributed by atoms with E-state index in [1.807, 2.05) is 0 Å². The molecule has 2 aliphatic rings. The van der Waals surface area contributed by atoms with E-state index in [9.17, 15) is 9.59 Å². The molecule has 0 aromatic heterocycles. The SMILES string of the molecule is NC(=O)[C@@H](CO)N1CCC[C@@]12CNC2=O. The molecule has 0 aromatic carbocycles. The van der Waals surface area contributed by atoms with Crippen molar-refractivity contribution in [2.75, 3.05) is 19.7 Å². The van der Waals surface area contributed by atoms with Gasteiger partial charge in [-0.25, -0.2) is 0 Å². The fraction of sp³-hybridized carbons (Fsp3) is 0.778. The summed E-state index contributed by atoms with van der Waals surface area (Å²) >= 11 is 0. The molecule has 0 bridgehead atoms. The van der Waals surface area contributed by atoms with Gasteiger partial charge in [0.25, 0.3) is 0 Å². The zero-order valence-corrected chi connectivity index (χ0v) is 8.40. The van der Waals surface area contributed by atoms with Crippen LogP contribution in [0.2, 0.25) is 0 Å². The Balaban J connectivity index is 2.20. The van der Waals surface area contributed by atoms with Gasteiger partial charge in [-0.3, -0.25) is 14.5 Å². The molecule has 0 aromatic rings. The van der Waals surface area contributed by atoms with Crippen LogP contribution < -0.4 is 11.1 Å². The van der Waals surface area contributed by atoms with Crippen LogP contribution in [0.3, 0.4) is 0 Å². The van der Waals surface area contributed by atoms with Crippen LogP contribution >= 0.6 is 0 Å². The molecule has 0 aliphatic carbocycles. The largest absolute Gasteiger partial charge is 0.394 e. The summed E-state index contributed by atoms with van der Waals surface area (Å²) in [5.41, 5.74) is 4.62. The molecule has 0 radical (unpaired) electrons. The van der Waals surface area contributed by atoms with Crippen molar-refractivity contribution in [3.63, 3.8) is 0 Å². The number of amides is 2. The Hall–Kier alpha value is -1.14. The lowest BCUT2D eigenvalue weighted by molar-refractivity contribution is -0.146. The van der Waals surface area contributed by atoms with Gasteiger partial charge in [-0.05, 0) is 12.8 Å². The summed E-state index contributed by atoms with van der Waals surface area (Å²) in [7, 11) is 0. The number of hydrogen-bond donors (Lipinski definition) is 3. The molecule has 6 nitrogen and oxygen atoms in total. The summed E-state index contributed by atoms with van der Waals surface area (Å²) in [4.78, 5) is 24.4. The van der Waals surface area contributed by atoms with Gasteiger partial charge in [0.1, 0.15) is 11.6 Å². The third-order valence-corrected chi connectivity index (χ3v) is 3.38. The van der Waals surface area contributed by atoms with Gasteiger partial charge in [0.2, 0.25) is 11.8 Å². The number of rotatable bonds is 3. The van der Waals surface area contributed by atoms with Crippen molar-refractivity contribution in [3.05, 3.63) is 0 Å². The summed E-state index contributed by atoms with van der Waals surface area (Å²) in [6.45, 7) is 0.863. The first-order valence-electron chi connectivity index (χ1n) is 5.07. The molecular weight excluding hydrogens is 198 g/mol. The third kappa shape index (κ3) is 1.32. The topological polar surface area (TPSA) is 95.7 Å². The van der Waals surface area contributed by atoms with E-state index in [0.29, 0.717) is 13.1 Å². The van der Waals surface area contributed by atoms with E-state index >= 15 is 0 Å². The van der Waals surface area contributed by atoms with Gasteiger partial charge in [-0.15, -0.1) is 0 Å². The molecule has 15 heavy (non-hydrogen) atoms. The second-order valence-corrected chi connectivity index (χ2v) is 4.11. The fourth-order valence-corrected chi connectivity index (χ4v) is 2.49. The molecule has 2 fully saturated rings. The fourth-order valence-electron chi connectivity index (χ4n) is 2.49. The number of aliphatic hydroxyl groups excluding tert-OH is 1. The highest BCUT2D eigenvalue weighted by Crippen LogP contribution is 2.35. The second-order valence-electron chi connectivity index (χ2n) is 4.11. The molecule has 2 aliphatic heterocycles. The van der Waals surface area contributed by atoms with Gasteiger partial charge in [0.05, 0.1) is 6.61 Å². The number of likely N-dealkylation sites (tertiary alicyclic amines) is 1. The third-order valence-electron chi connectivity index (χ3n) is 3.38. The summed E-state index contributed by atoms with van der Waals surface area (Å²) in [5.74, 6) is -0.627. The van der Waals surface area contributed by atoms with E-state index in [0.717, 1.165) is 12.8 Å². The first kappa shape index (κ1) is 10.4. The van der Waals surface area contributed by atoms with Crippen LogP contribution in [0, 0.1) is 0 Å². The van der Waals surface area contributed by atoms with Crippen LogP contribution in [-0.4, -0.2) is 53.1 Å². The monoisotopic (exact) mass is 213 g/mol. The molecule has 2 rings (SSSR count). The normalized spacial score (nSPS) is 32.5. The zero-order chi connectivity index (χ0) is 11.1. The average molecular weight is 213 g/mol. The van der Waals surface area contributed by atoms with Crippen LogP contribution in [0.25, 0.3) is 0 Å². The molecule has 1 spiro atoms. The number of carbonyl (C=O) groups excluding carboxylic acids is 2. The average Bonchev–Trinajstić information content (AvgIpc) is 2.63. The molecule has 0 saturated carbocycles. The lowest BCUT2D eigenvalue weighted by Gasteiger charge is -2.46. The maximum Gasteiger partial charge on any atom is 0.242 e. The molecule has 6 heteroatoms. The Morgan fingerprint density at radius 2 is 2.47 bits per heavy atom. The van der Waals surface area contributed by atoms with E-state index < -0.39 is 17.5 Å². The van der Waals surface area contributed by atoms with Crippen molar-refractivity contribution in [2.24, 2.45) is 5.73 Å². The zero-order valence-electron chi connectivity index (χ0n) is 8.40. The highest BCUT2D eigenvalue weighted by atomic mass is 16.3. The molecule has 4 N–H and O–H groups in total. The van der Waals surface area contributed by atoms with Crippen LogP contribution in [0.4, 0.5) is 0 Å². The summed E-state index contributed by atoms with van der Waals surface area (Å²) in [6.07, 6.45) is 1.60. The number of hydrogen-bond acceptors (Lipinski definition) is 4. The molecule has 84 valence electrons. The Bertz CT molecular complexity index is 307. The summed E-state index contributed by atoms with van der Waals surface area (Å²) in [6, 6.07) is -0.737. The molecule has 2 heterocycles. The van der Waals surface area contributed by atoms with E-state index in [4.69, 9.17) is 10.8 Å². The van der Waals surface area contributed by atoms with Crippen molar-refractivity contribution in [2.45, 2.75) is 24.4 Å². The lowest BCUT2D eigenvalue weighted by Crippen LogP contribution is -2.73. The number of β-lactam (4-membered cyclic amide) rings is 1. The van der Waals surface area contributed by atoms with E-state index in [-0.39, 0.29) is 12.5 Å². The number of nitrogens with one attached hydrogen (secondary N) is 1. The minimum absolute atomic E-state index is 0.0558. The Labute approximate surface area is 87.4 Å². The highest BCUT2D eigenvalue weighted by molar-refractivity contribution is 5.94. The first-order valence-corrected chi connectivity index (χ1v) is 5.07. The van der Waals surface area contributed by atoms with E-state index in [1.165, 1.54) is 0 Å². The summed E-state index contributed by atoms with van der Waals surface area (Å²) < 4.78 is 0.